The van der Waals surface area contributed by atoms with Gasteiger partial charge in [-0.1, -0.05) is 47.5 Å². The Morgan fingerprint density at radius 2 is 1.62 bits per heavy atom. The van der Waals surface area contributed by atoms with Gasteiger partial charge in [-0.15, -0.1) is 0 Å². The van der Waals surface area contributed by atoms with Crippen molar-refractivity contribution in [1.82, 2.24) is 5.32 Å². The van der Waals surface area contributed by atoms with Gasteiger partial charge in [0.2, 0.25) is 0 Å². The number of barbiturate groups is 1. The van der Waals surface area contributed by atoms with Gasteiger partial charge in [-0.05, 0) is 95.8 Å². The standard InChI is InChI=1S/C33H24Cl2FIN2O6/c1-2-43-29-15-19(14-28(37)30(29)45-18-21-5-3-4-6-27(21)36)13-25-31(40)38-33(42)39(32(25)41)23-9-11-24(12-10-23)44-17-20-7-8-22(34)16-26(20)35/h3-16H,2,17-18H2,1H3,(H,38,40,42)/b25-13+. The van der Waals surface area contributed by atoms with Crippen LogP contribution >= 0.6 is 45.8 Å². The first-order valence-electron chi connectivity index (χ1n) is 13.6. The van der Waals surface area contributed by atoms with Gasteiger partial charge < -0.3 is 14.2 Å². The fourth-order valence-corrected chi connectivity index (χ4v) is 5.63. The summed E-state index contributed by atoms with van der Waals surface area (Å²) in [5.41, 5.74) is 1.54. The average molecular weight is 761 g/mol. The number of carbonyl (C=O) groups is 3. The number of ether oxygens (including phenoxy) is 3. The van der Waals surface area contributed by atoms with Crippen molar-refractivity contribution < 1.29 is 33.0 Å². The highest BCUT2D eigenvalue weighted by atomic mass is 127. The minimum Gasteiger partial charge on any atom is -0.490 e. The Morgan fingerprint density at radius 1 is 0.889 bits per heavy atom. The zero-order valence-corrected chi connectivity index (χ0v) is 27.3. The third kappa shape index (κ3) is 7.58. The highest BCUT2D eigenvalue weighted by Crippen LogP contribution is 2.36. The molecule has 8 nitrogen and oxygen atoms in total. The quantitative estimate of drug-likeness (QED) is 0.100. The van der Waals surface area contributed by atoms with E-state index in [4.69, 9.17) is 37.4 Å². The van der Waals surface area contributed by atoms with Crippen LogP contribution in [0.1, 0.15) is 23.6 Å². The lowest BCUT2D eigenvalue weighted by molar-refractivity contribution is -0.122. The van der Waals surface area contributed by atoms with Gasteiger partial charge in [0.25, 0.3) is 11.8 Å². The Labute approximate surface area is 281 Å². The lowest BCUT2D eigenvalue weighted by atomic mass is 10.1. The molecule has 5 rings (SSSR count). The molecule has 0 aromatic heterocycles. The predicted molar refractivity (Wildman–Crippen MR) is 177 cm³/mol. The number of hydrogen-bond donors (Lipinski definition) is 1. The lowest BCUT2D eigenvalue weighted by Crippen LogP contribution is -2.54. The molecule has 0 aliphatic carbocycles. The molecule has 1 aliphatic heterocycles. The first-order valence-corrected chi connectivity index (χ1v) is 15.4. The summed E-state index contributed by atoms with van der Waals surface area (Å²) in [4.78, 5) is 39.9. The molecule has 4 aromatic carbocycles. The second kappa shape index (κ2) is 14.3. The number of rotatable bonds is 10. The maximum absolute atomic E-state index is 14.1. The minimum atomic E-state index is -0.884. The summed E-state index contributed by atoms with van der Waals surface area (Å²) < 4.78 is 32.2. The maximum Gasteiger partial charge on any atom is 0.335 e. The summed E-state index contributed by atoms with van der Waals surface area (Å²) in [6.07, 6.45) is 1.37. The Bertz CT molecular complexity index is 1820. The van der Waals surface area contributed by atoms with Crippen LogP contribution in [0, 0.1) is 9.39 Å². The third-order valence-corrected chi connectivity index (χ3v) is 7.97. The normalized spacial score (nSPS) is 14.0. The molecular formula is C33H24Cl2FIN2O6. The topological polar surface area (TPSA) is 94.2 Å². The molecule has 1 saturated heterocycles. The fraction of sp³-hybridized carbons (Fsp3) is 0.121. The molecule has 1 aliphatic rings. The summed E-state index contributed by atoms with van der Waals surface area (Å²) in [6, 6.07) is 20.0. The van der Waals surface area contributed by atoms with Gasteiger partial charge in [-0.25, -0.2) is 14.1 Å². The van der Waals surface area contributed by atoms with Crippen molar-refractivity contribution in [2.45, 2.75) is 20.1 Å². The van der Waals surface area contributed by atoms with E-state index in [0.29, 0.717) is 48.6 Å². The van der Waals surface area contributed by atoms with Crippen molar-refractivity contribution in [3.05, 3.63) is 121 Å². The molecular weight excluding hydrogens is 737 g/mol. The second-order valence-electron chi connectivity index (χ2n) is 9.62. The number of urea groups is 1. The maximum atomic E-state index is 14.1. The van der Waals surface area contributed by atoms with E-state index in [1.807, 2.05) is 22.6 Å². The molecule has 0 spiro atoms. The molecule has 0 atom stereocenters. The van der Waals surface area contributed by atoms with Crippen molar-refractivity contribution >= 4 is 75.4 Å². The smallest absolute Gasteiger partial charge is 0.335 e. The van der Waals surface area contributed by atoms with Crippen molar-refractivity contribution in [3.8, 4) is 17.2 Å². The Kier molecular flexibility index (Phi) is 10.3. The average Bonchev–Trinajstić information content (AvgIpc) is 3.00. The van der Waals surface area contributed by atoms with Crippen LogP contribution in [-0.4, -0.2) is 24.5 Å². The third-order valence-electron chi connectivity index (χ3n) is 6.58. The van der Waals surface area contributed by atoms with E-state index >= 15 is 0 Å². The zero-order chi connectivity index (χ0) is 32.1. The predicted octanol–water partition coefficient (Wildman–Crippen LogP) is 7.96. The monoisotopic (exact) mass is 760 g/mol. The van der Waals surface area contributed by atoms with Gasteiger partial charge in [0.05, 0.1) is 15.9 Å². The van der Waals surface area contributed by atoms with E-state index in [1.54, 1.807) is 67.6 Å². The van der Waals surface area contributed by atoms with Gasteiger partial charge in [-0.2, -0.15) is 0 Å². The summed E-state index contributed by atoms with van der Waals surface area (Å²) >= 11 is 14.2. The molecule has 0 unspecified atom stereocenters. The highest BCUT2D eigenvalue weighted by molar-refractivity contribution is 14.1. The number of imide groups is 2. The van der Waals surface area contributed by atoms with Gasteiger partial charge in [-0.3, -0.25) is 14.9 Å². The lowest BCUT2D eigenvalue weighted by Gasteiger charge is -2.26. The molecule has 0 radical (unpaired) electrons. The van der Waals surface area contributed by atoms with Crippen LogP contribution in [0.15, 0.2) is 84.4 Å². The zero-order valence-electron chi connectivity index (χ0n) is 23.6. The van der Waals surface area contributed by atoms with Crippen molar-refractivity contribution in [3.63, 3.8) is 0 Å². The molecule has 0 bridgehead atoms. The van der Waals surface area contributed by atoms with E-state index in [-0.39, 0.29) is 24.5 Å². The summed E-state index contributed by atoms with van der Waals surface area (Å²) in [5.74, 6) is -0.832. The van der Waals surface area contributed by atoms with Crippen molar-refractivity contribution in [1.29, 1.82) is 0 Å². The number of benzene rings is 4. The first-order chi connectivity index (χ1) is 21.6. The largest absolute Gasteiger partial charge is 0.490 e. The van der Waals surface area contributed by atoms with E-state index in [9.17, 15) is 18.8 Å². The van der Waals surface area contributed by atoms with E-state index < -0.39 is 23.7 Å². The molecule has 0 saturated carbocycles. The Morgan fingerprint density at radius 3 is 2.33 bits per heavy atom. The molecule has 1 fully saturated rings. The van der Waals surface area contributed by atoms with Crippen LogP contribution in [0.3, 0.4) is 0 Å². The van der Waals surface area contributed by atoms with Crippen LogP contribution in [0.25, 0.3) is 6.08 Å². The van der Waals surface area contributed by atoms with Crippen LogP contribution in [0.5, 0.6) is 17.2 Å². The first kappa shape index (κ1) is 32.3. The van der Waals surface area contributed by atoms with Gasteiger partial charge in [0, 0.05) is 21.2 Å². The number of halogens is 4. The van der Waals surface area contributed by atoms with Crippen LogP contribution in [-0.2, 0) is 22.8 Å². The minimum absolute atomic E-state index is 0.0279. The molecule has 12 heteroatoms. The summed E-state index contributed by atoms with van der Waals surface area (Å²) in [7, 11) is 0. The molecule has 45 heavy (non-hydrogen) atoms. The molecule has 230 valence electrons. The number of hydrogen-bond acceptors (Lipinski definition) is 6. The van der Waals surface area contributed by atoms with Crippen LogP contribution < -0.4 is 24.4 Å². The Hall–Kier alpha value is -4.13. The van der Waals surface area contributed by atoms with Crippen molar-refractivity contribution in [2.75, 3.05) is 11.5 Å². The number of nitrogens with zero attached hydrogens (tertiary/aromatic N) is 1. The number of amides is 4. The number of anilines is 1. The van der Waals surface area contributed by atoms with Gasteiger partial charge >= 0.3 is 6.03 Å². The number of carbonyl (C=O) groups excluding carboxylic acids is 3. The molecule has 4 aromatic rings. The summed E-state index contributed by atoms with van der Waals surface area (Å²) in [6.45, 7) is 2.25. The fourth-order valence-electron chi connectivity index (χ4n) is 4.39. The van der Waals surface area contributed by atoms with E-state index in [0.717, 1.165) is 10.5 Å². The van der Waals surface area contributed by atoms with Gasteiger partial charge in [0.15, 0.2) is 11.5 Å². The second-order valence-corrected chi connectivity index (χ2v) is 11.6. The Balaban J connectivity index is 1.36. The SMILES string of the molecule is CCOc1cc(/C=C2\C(=O)NC(=O)N(c3ccc(OCc4ccc(Cl)cc4Cl)cc3)C2=O)cc(I)c1OCc1ccccc1F. The van der Waals surface area contributed by atoms with Crippen molar-refractivity contribution in [2.24, 2.45) is 0 Å². The molecule has 1 heterocycles. The summed E-state index contributed by atoms with van der Waals surface area (Å²) in [5, 5.41) is 3.19. The van der Waals surface area contributed by atoms with E-state index in [1.165, 1.54) is 24.3 Å². The number of nitrogens with one attached hydrogen (secondary N) is 1. The van der Waals surface area contributed by atoms with Gasteiger partial charge in [0.1, 0.15) is 30.4 Å². The van der Waals surface area contributed by atoms with Crippen LogP contribution in [0.2, 0.25) is 10.0 Å². The van der Waals surface area contributed by atoms with E-state index in [2.05, 4.69) is 5.32 Å². The van der Waals surface area contributed by atoms with Crippen LogP contribution in [0.4, 0.5) is 14.9 Å². The molecule has 4 amide bonds. The molecule has 1 N–H and O–H groups in total. The highest BCUT2D eigenvalue weighted by Gasteiger charge is 2.37.